The van der Waals surface area contributed by atoms with Crippen molar-refractivity contribution in [3.63, 3.8) is 0 Å². The Kier molecular flexibility index (Phi) is 15.0. The van der Waals surface area contributed by atoms with Crippen LogP contribution in [0, 0.1) is 0 Å². The summed E-state index contributed by atoms with van der Waals surface area (Å²) in [6.07, 6.45) is -6.02. The molecule has 60 heavy (non-hydrogen) atoms. The molecule has 0 aromatic heterocycles. The highest BCUT2D eigenvalue weighted by molar-refractivity contribution is 5.93. The van der Waals surface area contributed by atoms with Crippen LogP contribution in [0.3, 0.4) is 0 Å². The molecule has 0 fully saturated rings. The van der Waals surface area contributed by atoms with E-state index in [-0.39, 0.29) is 34.4 Å². The van der Waals surface area contributed by atoms with Crippen molar-refractivity contribution in [1.29, 1.82) is 0 Å². The molecule has 0 saturated carbocycles. The first-order valence-corrected chi connectivity index (χ1v) is 18.8. The summed E-state index contributed by atoms with van der Waals surface area (Å²) in [6.45, 7) is -0.718. The zero-order chi connectivity index (χ0) is 41.9. The number of carbonyl (C=O) groups excluding carboxylic acids is 5. The van der Waals surface area contributed by atoms with Gasteiger partial charge in [-0.1, -0.05) is 126 Å². The highest BCUT2D eigenvalue weighted by Crippen LogP contribution is 2.24. The first-order valence-electron chi connectivity index (χ1n) is 18.8. The highest BCUT2D eigenvalue weighted by atomic mass is 16.6. The van der Waals surface area contributed by atoms with Gasteiger partial charge in [0.25, 0.3) is 0 Å². The van der Waals surface area contributed by atoms with Gasteiger partial charge in [0.2, 0.25) is 0 Å². The molecule has 0 unspecified atom stereocenters. The smallest absolute Gasteiger partial charge is 0.338 e. The number of carbonyl (C=O) groups is 5. The van der Waals surface area contributed by atoms with Gasteiger partial charge in [-0.3, -0.25) is 0 Å². The second-order valence-electron chi connectivity index (χ2n) is 13.0. The monoisotopic (exact) mass is 805 g/mol. The summed E-state index contributed by atoms with van der Waals surface area (Å²) >= 11 is 0. The second-order valence-corrected chi connectivity index (χ2v) is 13.0. The van der Waals surface area contributed by atoms with Crippen LogP contribution in [0.15, 0.2) is 187 Å². The molecule has 0 amide bonds. The Bertz CT molecular complexity index is 2330. The van der Waals surface area contributed by atoms with Gasteiger partial charge in [-0.05, 0) is 66.2 Å². The highest BCUT2D eigenvalue weighted by Gasteiger charge is 2.45. The van der Waals surface area contributed by atoms with E-state index in [9.17, 15) is 24.0 Å². The fraction of sp³-hybridized carbons (Fsp3) is 0.125. The van der Waals surface area contributed by atoms with Gasteiger partial charge in [0.1, 0.15) is 13.2 Å². The molecule has 6 rings (SSSR count). The number of hydrogen-bond acceptors (Lipinski definition) is 12. The molecule has 0 spiro atoms. The van der Waals surface area contributed by atoms with Crippen LogP contribution in [0.5, 0.6) is 0 Å². The Balaban J connectivity index is 1.47. The van der Waals surface area contributed by atoms with Crippen LogP contribution in [0.25, 0.3) is 0 Å². The molecular weight excluding hydrogens is 767 g/mol. The lowest BCUT2D eigenvalue weighted by molar-refractivity contribution is -0.120. The first kappa shape index (κ1) is 41.8. The van der Waals surface area contributed by atoms with Crippen molar-refractivity contribution in [1.82, 2.24) is 0 Å². The summed E-state index contributed by atoms with van der Waals surface area (Å²) < 4.78 is 30.0. The van der Waals surface area contributed by atoms with Gasteiger partial charge in [-0.25, -0.2) is 24.0 Å². The molecule has 6 aromatic rings. The maximum atomic E-state index is 14.0. The summed E-state index contributed by atoms with van der Waals surface area (Å²) in [4.78, 5) is 74.7. The fourth-order valence-electron chi connectivity index (χ4n) is 5.74. The van der Waals surface area contributed by atoms with Crippen LogP contribution in [-0.2, 0) is 35.1 Å². The average molecular weight is 806 g/mol. The van der Waals surface area contributed by atoms with E-state index < -0.39 is 60.9 Å². The Morgan fingerprint density at radius 1 is 0.417 bits per heavy atom. The van der Waals surface area contributed by atoms with E-state index in [1.807, 2.05) is 30.3 Å². The van der Waals surface area contributed by atoms with Crippen molar-refractivity contribution in [2.45, 2.75) is 31.0 Å². The average Bonchev–Trinajstić information content (AvgIpc) is 3.31. The molecule has 0 aliphatic heterocycles. The molecule has 0 bridgehead atoms. The molecule has 0 N–H and O–H groups in total. The predicted molar refractivity (Wildman–Crippen MR) is 219 cm³/mol. The van der Waals surface area contributed by atoms with Gasteiger partial charge in [-0.15, -0.1) is 0 Å². The minimum atomic E-state index is -1.85. The summed E-state index contributed by atoms with van der Waals surface area (Å²) in [7, 11) is 0. The lowest BCUT2D eigenvalue weighted by Gasteiger charge is -2.34. The number of rotatable bonds is 18. The largest absolute Gasteiger partial charge is 0.458 e. The van der Waals surface area contributed by atoms with Crippen LogP contribution < -0.4 is 0 Å². The van der Waals surface area contributed by atoms with E-state index in [0.29, 0.717) is 0 Å². The van der Waals surface area contributed by atoms with Crippen LogP contribution in [0.4, 0.5) is 0 Å². The summed E-state index contributed by atoms with van der Waals surface area (Å²) in [5.74, 6) is -4.46. The lowest BCUT2D eigenvalue weighted by atomic mass is 10.0. The maximum absolute atomic E-state index is 14.0. The van der Waals surface area contributed by atoms with Crippen molar-refractivity contribution in [3.8, 4) is 0 Å². The number of benzene rings is 6. The fourth-order valence-corrected chi connectivity index (χ4v) is 5.74. The van der Waals surface area contributed by atoms with E-state index in [0.717, 1.165) is 11.8 Å². The van der Waals surface area contributed by atoms with E-state index in [2.05, 4.69) is 5.16 Å². The van der Waals surface area contributed by atoms with Crippen LogP contribution in [0.2, 0.25) is 0 Å². The molecule has 0 aliphatic carbocycles. The first-order chi connectivity index (χ1) is 29.4. The van der Waals surface area contributed by atoms with Gasteiger partial charge in [-0.2, -0.15) is 0 Å². The maximum Gasteiger partial charge on any atom is 0.338 e. The third-order valence-electron chi connectivity index (χ3n) is 8.78. The SMILES string of the molecule is O=C(OC[C@@H](OC(=O)c1ccccc1)[C@@H](OC(=O)c1ccccc1)[C@H](OC(=O)c1ccccc1)[C@H](/C=N/OCc1ccccc1)OC(=O)c1ccccc1)c1ccccc1. The Hall–Kier alpha value is -7.86. The molecule has 0 saturated heterocycles. The minimum Gasteiger partial charge on any atom is -0.458 e. The van der Waals surface area contributed by atoms with Crippen LogP contribution in [-0.4, -0.2) is 67.1 Å². The summed E-state index contributed by atoms with van der Waals surface area (Å²) in [5.41, 5.74) is 1.31. The van der Waals surface area contributed by atoms with E-state index in [4.69, 9.17) is 28.5 Å². The van der Waals surface area contributed by atoms with Crippen molar-refractivity contribution in [2.75, 3.05) is 6.61 Å². The Labute approximate surface area is 345 Å². The molecule has 12 nitrogen and oxygen atoms in total. The van der Waals surface area contributed by atoms with Crippen molar-refractivity contribution in [3.05, 3.63) is 215 Å². The molecule has 0 aliphatic rings. The van der Waals surface area contributed by atoms with Gasteiger partial charge < -0.3 is 28.5 Å². The van der Waals surface area contributed by atoms with Crippen molar-refractivity contribution in [2.24, 2.45) is 5.16 Å². The van der Waals surface area contributed by atoms with Gasteiger partial charge in [0, 0.05) is 0 Å². The number of oxime groups is 1. The number of esters is 5. The molecular formula is C48H39NO11. The van der Waals surface area contributed by atoms with Gasteiger partial charge in [0.15, 0.2) is 24.4 Å². The van der Waals surface area contributed by atoms with Crippen molar-refractivity contribution < 1.29 is 52.5 Å². The van der Waals surface area contributed by atoms with E-state index in [1.54, 1.807) is 91.0 Å². The molecule has 12 heteroatoms. The van der Waals surface area contributed by atoms with E-state index in [1.165, 1.54) is 60.7 Å². The van der Waals surface area contributed by atoms with Crippen LogP contribution >= 0.6 is 0 Å². The molecule has 6 aromatic carbocycles. The third-order valence-corrected chi connectivity index (χ3v) is 8.78. The second kappa shape index (κ2) is 21.6. The molecule has 302 valence electrons. The van der Waals surface area contributed by atoms with Crippen molar-refractivity contribution >= 4 is 36.1 Å². The lowest BCUT2D eigenvalue weighted by Crippen LogP contribution is -2.54. The van der Waals surface area contributed by atoms with Gasteiger partial charge >= 0.3 is 29.8 Å². The standard InChI is InChI=1S/C48H39NO11/c50-44(35-21-9-2-10-22-35)55-33-41(58-46(52)37-25-13-4-14-26-37)43(60-48(54)39-29-17-6-18-30-39)42(59-47(53)38-27-15-5-16-28-38)40(57-45(51)36-23-11-3-12-24-36)31-49-56-32-34-19-7-1-8-20-34/h1-31,40-43H,32-33H2/b49-31+/t40-,41+,42+,43+/m0/s1. The zero-order valence-corrected chi connectivity index (χ0v) is 32.1. The Morgan fingerprint density at radius 2 is 0.767 bits per heavy atom. The Morgan fingerprint density at radius 3 is 1.20 bits per heavy atom. The number of nitrogens with zero attached hydrogens (tertiary/aromatic N) is 1. The molecule has 0 radical (unpaired) electrons. The summed E-state index contributed by atoms with van der Waals surface area (Å²) in [6, 6.07) is 48.8. The molecule has 0 heterocycles. The van der Waals surface area contributed by atoms with Gasteiger partial charge in [0.05, 0.1) is 34.0 Å². The normalized spacial score (nSPS) is 12.8. The molecule has 4 atom stereocenters. The third kappa shape index (κ3) is 12.1. The zero-order valence-electron chi connectivity index (χ0n) is 32.1. The number of ether oxygens (including phenoxy) is 5. The number of hydrogen-bond donors (Lipinski definition) is 0. The van der Waals surface area contributed by atoms with E-state index >= 15 is 0 Å². The minimum absolute atomic E-state index is 0.00430. The van der Waals surface area contributed by atoms with Crippen LogP contribution in [0.1, 0.15) is 57.4 Å². The topological polar surface area (TPSA) is 153 Å². The predicted octanol–water partition coefficient (Wildman–Crippen LogP) is 7.95. The summed E-state index contributed by atoms with van der Waals surface area (Å²) in [5, 5.41) is 4.09. The quantitative estimate of drug-likeness (QED) is 0.0360.